The van der Waals surface area contributed by atoms with Gasteiger partial charge in [-0.15, -0.1) is 0 Å². The van der Waals surface area contributed by atoms with Gasteiger partial charge < -0.3 is 9.84 Å². The van der Waals surface area contributed by atoms with E-state index in [4.69, 9.17) is 4.52 Å². The van der Waals surface area contributed by atoms with Crippen molar-refractivity contribution in [3.05, 3.63) is 11.7 Å². The summed E-state index contributed by atoms with van der Waals surface area (Å²) < 4.78 is 4.93. The Balaban J connectivity index is 1.54. The first kappa shape index (κ1) is 12.0. The second-order valence-electron chi connectivity index (χ2n) is 5.20. The highest BCUT2D eigenvalue weighted by Crippen LogP contribution is 2.43. The second-order valence-corrected chi connectivity index (χ2v) is 6.16. The minimum atomic E-state index is 0.499. The Hall–Kier alpha value is -1.04. The van der Waals surface area contributed by atoms with Crippen molar-refractivity contribution in [3.63, 3.8) is 0 Å². The van der Waals surface area contributed by atoms with E-state index in [1.54, 1.807) is 6.92 Å². The van der Waals surface area contributed by atoms with Gasteiger partial charge in [0.2, 0.25) is 5.89 Å². The molecule has 6 heteroatoms. The van der Waals surface area contributed by atoms with Crippen molar-refractivity contribution in [2.45, 2.75) is 39.2 Å². The van der Waals surface area contributed by atoms with E-state index in [9.17, 15) is 0 Å². The van der Waals surface area contributed by atoms with Gasteiger partial charge in [-0.3, -0.25) is 4.99 Å². The summed E-state index contributed by atoms with van der Waals surface area (Å²) in [5.41, 5.74) is 0.499. The van der Waals surface area contributed by atoms with Crippen LogP contribution >= 0.6 is 11.8 Å². The lowest BCUT2D eigenvalue weighted by atomic mass is 9.89. The number of aryl methyl sites for hydroxylation is 1. The van der Waals surface area contributed by atoms with E-state index in [0.29, 0.717) is 23.7 Å². The standard InChI is InChI=1S/C12H18N4OS/c1-9-15-10(16-17-9)6-13-11-14-7-12(8-18-11)4-2-3-5-12/h2-8H2,1H3,(H,13,14). The zero-order valence-corrected chi connectivity index (χ0v) is 11.4. The maximum Gasteiger partial charge on any atom is 0.223 e. The first-order chi connectivity index (χ1) is 8.76. The summed E-state index contributed by atoms with van der Waals surface area (Å²) >= 11 is 1.84. The van der Waals surface area contributed by atoms with Crippen LogP contribution in [0.5, 0.6) is 0 Å². The molecule has 0 aromatic carbocycles. The molecule has 0 amide bonds. The van der Waals surface area contributed by atoms with Crippen molar-refractivity contribution in [2.75, 3.05) is 12.3 Å². The largest absolute Gasteiger partial charge is 0.357 e. The van der Waals surface area contributed by atoms with Crippen molar-refractivity contribution >= 4 is 16.9 Å². The van der Waals surface area contributed by atoms with Gasteiger partial charge in [0.1, 0.15) is 0 Å². The Morgan fingerprint density at radius 1 is 1.39 bits per heavy atom. The van der Waals surface area contributed by atoms with Crippen molar-refractivity contribution in [2.24, 2.45) is 10.4 Å². The maximum atomic E-state index is 4.93. The molecule has 18 heavy (non-hydrogen) atoms. The highest BCUT2D eigenvalue weighted by Gasteiger charge is 2.36. The van der Waals surface area contributed by atoms with Crippen LogP contribution in [0.2, 0.25) is 0 Å². The zero-order valence-electron chi connectivity index (χ0n) is 10.6. The predicted octanol–water partition coefficient (Wildman–Crippen LogP) is 2.13. The molecule has 2 heterocycles. The molecule has 0 atom stereocenters. The Morgan fingerprint density at radius 3 is 2.83 bits per heavy atom. The highest BCUT2D eigenvalue weighted by atomic mass is 32.2. The Labute approximate surface area is 111 Å². The van der Waals surface area contributed by atoms with Gasteiger partial charge in [-0.25, -0.2) is 0 Å². The monoisotopic (exact) mass is 266 g/mol. The normalized spacial score (nSPS) is 22.2. The molecule has 5 nitrogen and oxygen atoms in total. The van der Waals surface area contributed by atoms with Crippen molar-refractivity contribution in [1.29, 1.82) is 0 Å². The number of amidine groups is 1. The average molecular weight is 266 g/mol. The summed E-state index contributed by atoms with van der Waals surface area (Å²) in [6, 6.07) is 0. The fourth-order valence-electron chi connectivity index (χ4n) is 2.65. The van der Waals surface area contributed by atoms with Gasteiger partial charge in [0.05, 0.1) is 6.54 Å². The Kier molecular flexibility index (Phi) is 3.28. The fourth-order valence-corrected chi connectivity index (χ4v) is 3.81. The van der Waals surface area contributed by atoms with Crippen molar-refractivity contribution in [1.82, 2.24) is 15.5 Å². The number of thioether (sulfide) groups is 1. The molecule has 0 radical (unpaired) electrons. The molecule has 1 aromatic rings. The van der Waals surface area contributed by atoms with Gasteiger partial charge in [-0.1, -0.05) is 29.8 Å². The molecule has 1 N–H and O–H groups in total. The van der Waals surface area contributed by atoms with Gasteiger partial charge in [0.25, 0.3) is 0 Å². The van der Waals surface area contributed by atoms with Crippen LogP contribution in [0.25, 0.3) is 0 Å². The molecule has 1 aliphatic carbocycles. The van der Waals surface area contributed by atoms with Crippen LogP contribution in [0, 0.1) is 12.3 Å². The van der Waals surface area contributed by atoms with Crippen LogP contribution in [0.3, 0.4) is 0 Å². The number of hydrogen-bond donors (Lipinski definition) is 1. The molecule has 1 spiro atoms. The molecule has 0 unspecified atom stereocenters. The molecular weight excluding hydrogens is 248 g/mol. The number of hydrogen-bond acceptors (Lipinski definition) is 6. The lowest BCUT2D eigenvalue weighted by molar-refractivity contribution is 0.358. The zero-order chi connectivity index (χ0) is 12.4. The Bertz CT molecular complexity index is 451. The molecular formula is C12H18N4OS. The third-order valence-corrected chi connectivity index (χ3v) is 5.01. The van der Waals surface area contributed by atoms with Gasteiger partial charge in [-0.05, 0) is 18.3 Å². The van der Waals surface area contributed by atoms with Gasteiger partial charge in [-0.2, -0.15) is 4.98 Å². The first-order valence-corrected chi connectivity index (χ1v) is 7.45. The van der Waals surface area contributed by atoms with E-state index in [0.717, 1.165) is 11.7 Å². The topological polar surface area (TPSA) is 63.3 Å². The van der Waals surface area contributed by atoms with Crippen LogP contribution in [0.15, 0.2) is 9.52 Å². The summed E-state index contributed by atoms with van der Waals surface area (Å²) in [5.74, 6) is 2.50. The molecule has 0 saturated heterocycles. The van der Waals surface area contributed by atoms with Gasteiger partial charge in [0, 0.05) is 19.2 Å². The minimum Gasteiger partial charge on any atom is -0.357 e. The molecule has 3 rings (SSSR count). The van der Waals surface area contributed by atoms with E-state index < -0.39 is 0 Å². The summed E-state index contributed by atoms with van der Waals surface area (Å²) in [5, 5.41) is 8.17. The third-order valence-electron chi connectivity index (χ3n) is 3.70. The average Bonchev–Trinajstić information content (AvgIpc) is 2.99. The molecule has 2 aliphatic rings. The number of aliphatic imine (C=N–C) groups is 1. The smallest absolute Gasteiger partial charge is 0.223 e. The van der Waals surface area contributed by atoms with Crippen LogP contribution < -0.4 is 5.32 Å². The predicted molar refractivity (Wildman–Crippen MR) is 71.5 cm³/mol. The molecule has 1 aliphatic heterocycles. The third kappa shape index (κ3) is 2.53. The van der Waals surface area contributed by atoms with Crippen LogP contribution in [0.4, 0.5) is 0 Å². The lowest BCUT2D eigenvalue weighted by Crippen LogP contribution is -2.33. The van der Waals surface area contributed by atoms with E-state index in [2.05, 4.69) is 20.4 Å². The van der Waals surface area contributed by atoms with E-state index in [1.165, 1.54) is 31.4 Å². The van der Waals surface area contributed by atoms with Gasteiger partial charge in [0.15, 0.2) is 11.0 Å². The first-order valence-electron chi connectivity index (χ1n) is 6.46. The number of nitrogens with zero attached hydrogens (tertiary/aromatic N) is 3. The summed E-state index contributed by atoms with van der Waals surface area (Å²) in [6.45, 7) is 3.37. The van der Waals surface area contributed by atoms with E-state index in [1.807, 2.05) is 11.8 Å². The van der Waals surface area contributed by atoms with Crippen molar-refractivity contribution in [3.8, 4) is 0 Å². The van der Waals surface area contributed by atoms with Crippen molar-refractivity contribution < 1.29 is 4.52 Å². The number of aromatic nitrogens is 2. The Morgan fingerprint density at radius 2 is 2.22 bits per heavy atom. The van der Waals surface area contributed by atoms with E-state index in [-0.39, 0.29) is 0 Å². The maximum absolute atomic E-state index is 4.93. The quantitative estimate of drug-likeness (QED) is 0.888. The number of nitrogens with one attached hydrogen (secondary N) is 1. The lowest BCUT2D eigenvalue weighted by Gasteiger charge is -2.30. The molecule has 1 fully saturated rings. The fraction of sp³-hybridized carbons (Fsp3) is 0.750. The van der Waals surface area contributed by atoms with Gasteiger partial charge >= 0.3 is 0 Å². The molecule has 1 saturated carbocycles. The molecule has 1 aromatic heterocycles. The van der Waals surface area contributed by atoms with Crippen LogP contribution in [-0.4, -0.2) is 27.6 Å². The summed E-state index contributed by atoms with van der Waals surface area (Å²) in [6.07, 6.45) is 5.45. The summed E-state index contributed by atoms with van der Waals surface area (Å²) in [4.78, 5) is 8.83. The summed E-state index contributed by atoms with van der Waals surface area (Å²) in [7, 11) is 0. The van der Waals surface area contributed by atoms with Crippen LogP contribution in [-0.2, 0) is 6.54 Å². The van der Waals surface area contributed by atoms with E-state index >= 15 is 0 Å². The molecule has 98 valence electrons. The second kappa shape index (κ2) is 4.91. The number of rotatable bonds is 2. The minimum absolute atomic E-state index is 0.499. The SMILES string of the molecule is Cc1nc(CNC2=NCC3(CCCC3)CS2)no1. The highest BCUT2D eigenvalue weighted by molar-refractivity contribution is 8.13. The van der Waals surface area contributed by atoms with Crippen LogP contribution in [0.1, 0.15) is 37.4 Å². The molecule has 0 bridgehead atoms.